The van der Waals surface area contributed by atoms with Gasteiger partial charge in [-0.25, -0.2) is 9.37 Å². The van der Waals surface area contributed by atoms with Crippen molar-refractivity contribution in [1.29, 1.82) is 0 Å². The summed E-state index contributed by atoms with van der Waals surface area (Å²) in [5, 5.41) is 7.68. The second-order valence-electron chi connectivity index (χ2n) is 10.2. The summed E-state index contributed by atoms with van der Waals surface area (Å²) in [6, 6.07) is 11.1. The Hall–Kier alpha value is -5.17. The van der Waals surface area contributed by atoms with E-state index in [9.17, 15) is 36.7 Å². The predicted molar refractivity (Wildman–Crippen MR) is 160 cm³/mol. The molecule has 9 nitrogen and oxygen atoms in total. The third-order valence-corrected chi connectivity index (χ3v) is 7.15. The summed E-state index contributed by atoms with van der Waals surface area (Å²) in [4.78, 5) is 56.1. The number of carbonyl (C=O) groups excluding carboxylic acids is 3. The zero-order valence-corrected chi connectivity index (χ0v) is 24.7. The van der Waals surface area contributed by atoms with Crippen LogP contribution in [0, 0.1) is 12.7 Å². The lowest BCUT2D eigenvalue weighted by Gasteiger charge is -2.19. The average molecular weight is 624 g/mol. The minimum absolute atomic E-state index is 0.0336. The van der Waals surface area contributed by atoms with Gasteiger partial charge in [-0.05, 0) is 86.6 Å². The summed E-state index contributed by atoms with van der Waals surface area (Å²) in [7, 11) is 2.99. The largest absolute Gasteiger partial charge is 0.416 e. The van der Waals surface area contributed by atoms with Crippen LogP contribution in [-0.2, 0) is 17.5 Å². The van der Waals surface area contributed by atoms with Crippen molar-refractivity contribution in [2.24, 2.45) is 0 Å². The number of carbonyl (C=O) groups is 3. The maximum Gasteiger partial charge on any atom is 0.416 e. The molecule has 1 aromatic heterocycles. The first-order chi connectivity index (χ1) is 21.2. The first-order valence-electron chi connectivity index (χ1n) is 13.7. The molecule has 0 bridgehead atoms. The van der Waals surface area contributed by atoms with Crippen molar-refractivity contribution in [1.82, 2.24) is 20.2 Å². The average Bonchev–Trinajstić information content (AvgIpc) is 3.02. The molecule has 3 aromatic carbocycles. The normalized spacial score (nSPS) is 12.0. The van der Waals surface area contributed by atoms with E-state index in [4.69, 9.17) is 0 Å². The number of benzene rings is 3. The molecule has 2 amide bonds. The summed E-state index contributed by atoms with van der Waals surface area (Å²) < 4.78 is 56.6. The number of rotatable bonds is 9. The Bertz CT molecular complexity index is 1840. The molecule has 4 rings (SSSR count). The Labute approximate surface area is 255 Å². The molecule has 0 aliphatic carbocycles. The SMILES string of the molecule is CNC(=O)c1ccc(C)c(-c2cnc(NC(=O)C(C)NC)c(=O)n2Cc2cc(C(=O)c3ccc(F)cc3)cc(C(F)(F)F)c2)c1. The van der Waals surface area contributed by atoms with E-state index < -0.39 is 53.3 Å². The standard InChI is InChI=1S/C32H29F4N5O4/c1-17-5-6-21(30(44)38-4)14-25(17)26-15-39-28(40-29(43)18(2)37-3)31(45)41(26)16-19-11-22(13-23(12-19)32(34,35)36)27(42)20-7-9-24(33)10-8-20/h5-15,18,37H,16H2,1-4H3,(H,38,44)(H,39,40,43). The number of nitrogens with zero attached hydrogens (tertiary/aromatic N) is 2. The van der Waals surface area contributed by atoms with Gasteiger partial charge in [0.15, 0.2) is 11.6 Å². The Morgan fingerprint density at radius 1 is 0.933 bits per heavy atom. The molecule has 0 aliphatic heterocycles. The topological polar surface area (TPSA) is 122 Å². The van der Waals surface area contributed by atoms with Gasteiger partial charge in [-0.2, -0.15) is 13.2 Å². The van der Waals surface area contributed by atoms with E-state index in [-0.39, 0.29) is 33.8 Å². The molecule has 45 heavy (non-hydrogen) atoms. The number of hydrogen-bond donors (Lipinski definition) is 3. The van der Waals surface area contributed by atoms with E-state index in [1.165, 1.54) is 25.4 Å². The fourth-order valence-electron chi connectivity index (χ4n) is 4.51. The van der Waals surface area contributed by atoms with Gasteiger partial charge in [0, 0.05) is 29.3 Å². The quantitative estimate of drug-likeness (QED) is 0.186. The van der Waals surface area contributed by atoms with E-state index in [1.54, 1.807) is 33.0 Å². The van der Waals surface area contributed by atoms with Crippen molar-refractivity contribution in [2.45, 2.75) is 32.6 Å². The van der Waals surface area contributed by atoms with Crippen molar-refractivity contribution in [3.8, 4) is 11.3 Å². The summed E-state index contributed by atoms with van der Waals surface area (Å²) in [5.74, 6) is -2.77. The van der Waals surface area contributed by atoms with Gasteiger partial charge in [-0.1, -0.05) is 6.07 Å². The van der Waals surface area contributed by atoms with Gasteiger partial charge in [0.25, 0.3) is 11.5 Å². The highest BCUT2D eigenvalue weighted by Crippen LogP contribution is 2.32. The molecule has 1 atom stereocenters. The van der Waals surface area contributed by atoms with Crippen molar-refractivity contribution in [3.05, 3.63) is 116 Å². The van der Waals surface area contributed by atoms with Crippen LogP contribution >= 0.6 is 0 Å². The lowest BCUT2D eigenvalue weighted by Crippen LogP contribution is -2.38. The summed E-state index contributed by atoms with van der Waals surface area (Å²) >= 11 is 0. The van der Waals surface area contributed by atoms with Crippen LogP contribution < -0.4 is 21.5 Å². The van der Waals surface area contributed by atoms with Crippen LogP contribution in [0.15, 0.2) is 71.7 Å². The van der Waals surface area contributed by atoms with E-state index >= 15 is 0 Å². The molecule has 1 unspecified atom stereocenters. The second kappa shape index (κ2) is 13.2. The van der Waals surface area contributed by atoms with Gasteiger partial charge in [0.05, 0.1) is 30.0 Å². The highest BCUT2D eigenvalue weighted by atomic mass is 19.4. The van der Waals surface area contributed by atoms with Crippen LogP contribution in [0.3, 0.4) is 0 Å². The van der Waals surface area contributed by atoms with E-state index in [1.807, 2.05) is 0 Å². The maximum absolute atomic E-state index is 14.0. The van der Waals surface area contributed by atoms with E-state index in [0.717, 1.165) is 34.9 Å². The molecule has 0 spiro atoms. The molecular formula is C32H29F4N5O4. The number of nitrogens with one attached hydrogen (secondary N) is 3. The summed E-state index contributed by atoms with van der Waals surface area (Å²) in [5.41, 5.74) is -0.994. The minimum atomic E-state index is -4.85. The van der Waals surface area contributed by atoms with Crippen LogP contribution in [-0.4, -0.2) is 47.3 Å². The number of aryl methyl sites for hydroxylation is 1. The zero-order valence-electron chi connectivity index (χ0n) is 24.7. The number of anilines is 1. The number of aromatic nitrogens is 2. The Morgan fingerprint density at radius 3 is 2.22 bits per heavy atom. The maximum atomic E-state index is 14.0. The number of halogens is 4. The Kier molecular flexibility index (Phi) is 9.62. The van der Waals surface area contributed by atoms with E-state index in [2.05, 4.69) is 20.9 Å². The van der Waals surface area contributed by atoms with Gasteiger partial charge in [0.2, 0.25) is 5.91 Å². The molecule has 0 radical (unpaired) electrons. The van der Waals surface area contributed by atoms with Gasteiger partial charge in [-0.15, -0.1) is 0 Å². The molecule has 0 saturated heterocycles. The third kappa shape index (κ3) is 7.32. The molecule has 0 fully saturated rings. The van der Waals surface area contributed by atoms with Crippen molar-refractivity contribution < 1.29 is 31.9 Å². The summed E-state index contributed by atoms with van der Waals surface area (Å²) in [6.07, 6.45) is -3.57. The van der Waals surface area contributed by atoms with Crippen molar-refractivity contribution in [3.63, 3.8) is 0 Å². The lowest BCUT2D eigenvalue weighted by molar-refractivity contribution is -0.137. The molecule has 4 aromatic rings. The minimum Gasteiger partial charge on any atom is -0.355 e. The predicted octanol–water partition coefficient (Wildman–Crippen LogP) is 4.56. The van der Waals surface area contributed by atoms with Crippen LogP contribution in [0.1, 0.15) is 49.9 Å². The van der Waals surface area contributed by atoms with Crippen LogP contribution in [0.2, 0.25) is 0 Å². The van der Waals surface area contributed by atoms with Crippen LogP contribution in [0.5, 0.6) is 0 Å². The first kappa shape index (κ1) is 32.7. The zero-order chi connectivity index (χ0) is 33.1. The fraction of sp³-hybridized carbons (Fsp3) is 0.219. The first-order valence-corrected chi connectivity index (χ1v) is 13.7. The Balaban J connectivity index is 1.92. The molecule has 1 heterocycles. The van der Waals surface area contributed by atoms with Crippen LogP contribution in [0.4, 0.5) is 23.4 Å². The van der Waals surface area contributed by atoms with E-state index in [0.29, 0.717) is 17.2 Å². The van der Waals surface area contributed by atoms with Crippen molar-refractivity contribution in [2.75, 3.05) is 19.4 Å². The van der Waals surface area contributed by atoms with Gasteiger partial charge >= 0.3 is 6.18 Å². The summed E-state index contributed by atoms with van der Waals surface area (Å²) in [6.45, 7) is 2.79. The highest BCUT2D eigenvalue weighted by Gasteiger charge is 2.32. The number of hydrogen-bond acceptors (Lipinski definition) is 6. The lowest BCUT2D eigenvalue weighted by atomic mass is 9.97. The van der Waals surface area contributed by atoms with Crippen LogP contribution in [0.25, 0.3) is 11.3 Å². The number of likely N-dealkylation sites (N-methyl/N-ethyl adjacent to an activating group) is 1. The van der Waals surface area contributed by atoms with Gasteiger partial charge < -0.3 is 16.0 Å². The molecule has 234 valence electrons. The highest BCUT2D eigenvalue weighted by molar-refractivity contribution is 6.09. The molecule has 0 aliphatic rings. The van der Waals surface area contributed by atoms with Gasteiger partial charge in [0.1, 0.15) is 5.82 Å². The molecule has 13 heteroatoms. The Morgan fingerprint density at radius 2 is 1.60 bits per heavy atom. The van der Waals surface area contributed by atoms with Gasteiger partial charge in [-0.3, -0.25) is 23.7 Å². The fourth-order valence-corrected chi connectivity index (χ4v) is 4.51. The molecular weight excluding hydrogens is 594 g/mol. The van der Waals surface area contributed by atoms with Crippen molar-refractivity contribution >= 4 is 23.4 Å². The number of amides is 2. The second-order valence-corrected chi connectivity index (χ2v) is 10.2. The third-order valence-electron chi connectivity index (χ3n) is 7.15. The monoisotopic (exact) mass is 623 g/mol. The molecule has 3 N–H and O–H groups in total. The smallest absolute Gasteiger partial charge is 0.355 e. The number of ketones is 1. The molecule has 0 saturated carbocycles. The number of alkyl halides is 3.